The first kappa shape index (κ1) is 18.9. The summed E-state index contributed by atoms with van der Waals surface area (Å²) >= 11 is 0. The molecule has 0 unspecified atom stereocenters. The van der Waals surface area contributed by atoms with E-state index in [0.29, 0.717) is 23.3 Å². The number of methoxy groups -OCH3 is 1. The van der Waals surface area contributed by atoms with E-state index in [1.807, 2.05) is 31.4 Å². The third-order valence-electron chi connectivity index (χ3n) is 5.67. The second-order valence-electron chi connectivity index (χ2n) is 7.95. The highest BCUT2D eigenvalue weighted by Crippen LogP contribution is 2.42. The predicted octanol–water partition coefficient (Wildman–Crippen LogP) is 3.71. The van der Waals surface area contributed by atoms with Crippen LogP contribution in [0.15, 0.2) is 30.6 Å². The lowest BCUT2D eigenvalue weighted by atomic mass is 10.1. The smallest absolute Gasteiger partial charge is 0.228 e. The van der Waals surface area contributed by atoms with Gasteiger partial charge in [0.15, 0.2) is 0 Å². The van der Waals surface area contributed by atoms with Crippen LogP contribution in [0.1, 0.15) is 23.5 Å². The van der Waals surface area contributed by atoms with Gasteiger partial charge in [0.2, 0.25) is 11.8 Å². The summed E-state index contributed by atoms with van der Waals surface area (Å²) in [6, 6.07) is 5.65. The number of carbonyl (C=O) groups is 1. The Morgan fingerprint density at radius 3 is 2.97 bits per heavy atom. The number of hydrogen-bond acceptors (Lipinski definition) is 6. The zero-order chi connectivity index (χ0) is 20.7. The Labute approximate surface area is 178 Å². The summed E-state index contributed by atoms with van der Waals surface area (Å²) in [5.74, 6) is 2.32. The maximum Gasteiger partial charge on any atom is 0.228 e. The van der Waals surface area contributed by atoms with Crippen LogP contribution in [0.2, 0.25) is 0 Å². The van der Waals surface area contributed by atoms with Crippen molar-refractivity contribution in [1.82, 2.24) is 20.3 Å². The molecule has 3 aromatic heterocycles. The van der Waals surface area contributed by atoms with Crippen molar-refractivity contribution in [3.63, 3.8) is 0 Å². The third kappa shape index (κ3) is 3.59. The Hall–Kier alpha value is -3.13. The van der Waals surface area contributed by atoms with E-state index in [4.69, 9.17) is 9.47 Å². The molecule has 2 atom stereocenters. The summed E-state index contributed by atoms with van der Waals surface area (Å²) in [5.41, 5.74) is 2.41. The van der Waals surface area contributed by atoms with E-state index in [-0.39, 0.29) is 22.2 Å². The van der Waals surface area contributed by atoms with Gasteiger partial charge in [-0.3, -0.25) is 4.79 Å². The minimum atomic E-state index is 0. The molecular formula is C22H31N5O3. The summed E-state index contributed by atoms with van der Waals surface area (Å²) in [4.78, 5) is 24.6. The molecule has 3 heterocycles. The monoisotopic (exact) mass is 413 g/mol. The SMILES string of the molecule is CNC[C@@H]1C[C@H]1C(=O)Nc1ccc2c(-c3c(OC4CC4)ccnc3OC)c[nH]c2n1.[HH].[HH].[HH]. The fourth-order valence-electron chi connectivity index (χ4n) is 3.85. The molecule has 0 aliphatic heterocycles. The van der Waals surface area contributed by atoms with Crippen molar-refractivity contribution in [2.75, 3.05) is 26.0 Å². The van der Waals surface area contributed by atoms with E-state index in [1.165, 1.54) is 0 Å². The molecular weight excluding hydrogens is 382 g/mol. The van der Waals surface area contributed by atoms with Gasteiger partial charge in [-0.15, -0.1) is 0 Å². The summed E-state index contributed by atoms with van der Waals surface area (Å²) in [6.45, 7) is 0.864. The molecule has 2 aliphatic carbocycles. The average Bonchev–Trinajstić information content (AvgIpc) is 3.67. The van der Waals surface area contributed by atoms with Gasteiger partial charge in [0.25, 0.3) is 0 Å². The van der Waals surface area contributed by atoms with E-state index in [2.05, 4.69) is 25.6 Å². The zero-order valence-corrected chi connectivity index (χ0v) is 17.1. The Morgan fingerprint density at radius 2 is 2.20 bits per heavy atom. The molecule has 2 fully saturated rings. The van der Waals surface area contributed by atoms with Crippen LogP contribution in [0.5, 0.6) is 11.6 Å². The molecule has 0 radical (unpaired) electrons. The molecule has 2 aliphatic rings. The first-order valence-electron chi connectivity index (χ1n) is 10.3. The lowest BCUT2D eigenvalue weighted by Crippen LogP contribution is -2.18. The van der Waals surface area contributed by atoms with Crippen LogP contribution >= 0.6 is 0 Å². The molecule has 3 N–H and O–H groups in total. The Bertz CT molecular complexity index is 1110. The summed E-state index contributed by atoms with van der Waals surface area (Å²) in [5, 5.41) is 6.98. The molecule has 8 heteroatoms. The average molecular weight is 414 g/mol. The number of H-pyrrole nitrogens is 1. The van der Waals surface area contributed by atoms with E-state index in [1.54, 1.807) is 13.3 Å². The standard InChI is InChI=1S/C22H25N5O3.3H2/c1-23-10-12-9-15(12)21(28)27-18-6-5-14-16(11-25-20(14)26-18)19-17(30-13-3-4-13)7-8-24-22(19)29-2;;;/h5-8,11-13,15,23H,3-4,9-10H2,1-2H3,(H2,25,26,27,28);3*1H/t12-,15+;;;/m0.../s1. The van der Waals surface area contributed by atoms with Gasteiger partial charge in [-0.2, -0.15) is 0 Å². The van der Waals surface area contributed by atoms with Crippen molar-refractivity contribution in [2.45, 2.75) is 25.4 Å². The number of pyridine rings is 2. The summed E-state index contributed by atoms with van der Waals surface area (Å²) < 4.78 is 11.6. The van der Waals surface area contributed by atoms with E-state index in [0.717, 1.165) is 48.1 Å². The molecule has 162 valence electrons. The van der Waals surface area contributed by atoms with Gasteiger partial charge >= 0.3 is 0 Å². The molecule has 0 bridgehead atoms. The number of carbonyl (C=O) groups excluding carboxylic acids is 1. The molecule has 0 aromatic carbocycles. The predicted molar refractivity (Wildman–Crippen MR) is 120 cm³/mol. The van der Waals surface area contributed by atoms with Crippen molar-refractivity contribution in [3.05, 3.63) is 30.6 Å². The van der Waals surface area contributed by atoms with E-state index < -0.39 is 0 Å². The fourth-order valence-corrected chi connectivity index (χ4v) is 3.85. The number of amides is 1. The van der Waals surface area contributed by atoms with Crippen LogP contribution in [0, 0.1) is 11.8 Å². The van der Waals surface area contributed by atoms with Crippen LogP contribution in [0.3, 0.4) is 0 Å². The van der Waals surface area contributed by atoms with Gasteiger partial charge in [0, 0.05) is 33.5 Å². The Balaban J connectivity index is 0.00000128. The quantitative estimate of drug-likeness (QED) is 0.520. The maximum atomic E-state index is 12.4. The number of anilines is 1. The van der Waals surface area contributed by atoms with Crippen LogP contribution in [0.4, 0.5) is 5.82 Å². The van der Waals surface area contributed by atoms with E-state index in [9.17, 15) is 4.79 Å². The second-order valence-corrected chi connectivity index (χ2v) is 7.95. The van der Waals surface area contributed by atoms with Crippen LogP contribution in [-0.4, -0.2) is 47.7 Å². The lowest BCUT2D eigenvalue weighted by molar-refractivity contribution is -0.117. The molecule has 3 aromatic rings. The van der Waals surface area contributed by atoms with Gasteiger partial charge in [-0.05, 0) is 57.0 Å². The first-order valence-corrected chi connectivity index (χ1v) is 10.3. The van der Waals surface area contributed by atoms with Crippen molar-refractivity contribution < 1.29 is 18.5 Å². The zero-order valence-electron chi connectivity index (χ0n) is 17.1. The van der Waals surface area contributed by atoms with Gasteiger partial charge in [-0.1, -0.05) is 0 Å². The van der Waals surface area contributed by atoms with Crippen LogP contribution < -0.4 is 20.1 Å². The topological polar surface area (TPSA) is 101 Å². The maximum absolute atomic E-state index is 12.4. The summed E-state index contributed by atoms with van der Waals surface area (Å²) in [7, 11) is 3.51. The number of aromatic amines is 1. The normalized spacial score (nSPS) is 20.2. The Morgan fingerprint density at radius 1 is 1.33 bits per heavy atom. The lowest BCUT2D eigenvalue weighted by Gasteiger charge is -2.13. The molecule has 1 amide bonds. The molecule has 8 nitrogen and oxygen atoms in total. The van der Waals surface area contributed by atoms with Crippen molar-refractivity contribution in [2.24, 2.45) is 11.8 Å². The van der Waals surface area contributed by atoms with Gasteiger partial charge in [-0.25, -0.2) is 9.97 Å². The highest BCUT2D eigenvalue weighted by atomic mass is 16.5. The largest absolute Gasteiger partial charge is 0.490 e. The second kappa shape index (κ2) is 7.60. The molecule has 0 saturated heterocycles. The number of fused-ring (bicyclic) bond motifs is 1. The van der Waals surface area contributed by atoms with Gasteiger partial charge < -0.3 is 25.1 Å². The number of rotatable bonds is 8. The summed E-state index contributed by atoms with van der Waals surface area (Å²) in [6.07, 6.45) is 6.89. The minimum absolute atomic E-state index is 0. The highest BCUT2D eigenvalue weighted by Gasteiger charge is 2.42. The fraction of sp³-hybridized carbons (Fsp3) is 0.409. The number of ether oxygens (including phenoxy) is 2. The molecule has 30 heavy (non-hydrogen) atoms. The number of nitrogens with zero attached hydrogens (tertiary/aromatic N) is 2. The molecule has 0 spiro atoms. The third-order valence-corrected chi connectivity index (χ3v) is 5.67. The molecule has 5 rings (SSSR count). The van der Waals surface area contributed by atoms with Gasteiger partial charge in [0.05, 0.1) is 18.8 Å². The molecule has 2 saturated carbocycles. The highest BCUT2D eigenvalue weighted by molar-refractivity contribution is 5.99. The van der Waals surface area contributed by atoms with Gasteiger partial charge in [0.1, 0.15) is 17.2 Å². The van der Waals surface area contributed by atoms with Crippen LogP contribution in [-0.2, 0) is 4.79 Å². The van der Waals surface area contributed by atoms with E-state index >= 15 is 0 Å². The van der Waals surface area contributed by atoms with Crippen molar-refractivity contribution in [3.8, 4) is 22.8 Å². The van der Waals surface area contributed by atoms with Crippen molar-refractivity contribution in [1.29, 1.82) is 0 Å². The minimum Gasteiger partial charge on any atom is -0.490 e. The number of nitrogens with one attached hydrogen (secondary N) is 3. The first-order chi connectivity index (χ1) is 14.7. The number of hydrogen-bond donors (Lipinski definition) is 3. The van der Waals surface area contributed by atoms with Crippen molar-refractivity contribution >= 4 is 22.8 Å². The Kier molecular flexibility index (Phi) is 4.78. The van der Waals surface area contributed by atoms with Crippen LogP contribution in [0.25, 0.3) is 22.2 Å². The number of aromatic nitrogens is 3.